The van der Waals surface area contributed by atoms with Crippen LogP contribution < -0.4 is 10.6 Å². The zero-order valence-corrected chi connectivity index (χ0v) is 18.2. The van der Waals surface area contributed by atoms with Crippen LogP contribution in [0.2, 0.25) is 0 Å². The SMILES string of the molecule is CN=C(NCc1cc(F)ccc1CS(C)(=O)=O)NCC(C)N1CCCC(C)C1. The lowest BCUT2D eigenvalue weighted by Crippen LogP contribution is -2.48. The first-order valence-corrected chi connectivity index (χ1v) is 11.9. The summed E-state index contributed by atoms with van der Waals surface area (Å²) in [5.41, 5.74) is 1.22. The lowest BCUT2D eigenvalue weighted by Gasteiger charge is -2.35. The normalized spacial score (nSPS) is 20.0. The predicted molar refractivity (Wildman–Crippen MR) is 113 cm³/mol. The van der Waals surface area contributed by atoms with Crippen molar-refractivity contribution in [2.45, 2.75) is 45.0 Å². The van der Waals surface area contributed by atoms with Gasteiger partial charge in [-0.15, -0.1) is 0 Å². The van der Waals surface area contributed by atoms with Crippen LogP contribution in [0.1, 0.15) is 37.8 Å². The van der Waals surface area contributed by atoms with Gasteiger partial charge in [-0.1, -0.05) is 13.0 Å². The Morgan fingerprint density at radius 1 is 1.36 bits per heavy atom. The molecule has 1 fully saturated rings. The number of nitrogens with zero attached hydrogens (tertiary/aromatic N) is 2. The Labute approximate surface area is 168 Å². The molecule has 0 amide bonds. The number of benzene rings is 1. The van der Waals surface area contributed by atoms with Crippen molar-refractivity contribution in [1.82, 2.24) is 15.5 Å². The number of sulfone groups is 1. The molecular formula is C20H33FN4O2S. The number of halogens is 1. The largest absolute Gasteiger partial charge is 0.355 e. The summed E-state index contributed by atoms with van der Waals surface area (Å²) in [4.78, 5) is 6.72. The molecule has 1 saturated heterocycles. The molecule has 0 bridgehead atoms. The molecule has 28 heavy (non-hydrogen) atoms. The van der Waals surface area contributed by atoms with E-state index in [0.717, 1.165) is 25.6 Å². The minimum Gasteiger partial charge on any atom is -0.355 e. The lowest BCUT2D eigenvalue weighted by molar-refractivity contribution is 0.139. The van der Waals surface area contributed by atoms with E-state index in [1.807, 2.05) is 0 Å². The predicted octanol–water partition coefficient (Wildman–Crippen LogP) is 2.16. The van der Waals surface area contributed by atoms with Crippen molar-refractivity contribution in [1.29, 1.82) is 0 Å². The van der Waals surface area contributed by atoms with Crippen molar-refractivity contribution in [3.05, 3.63) is 35.1 Å². The Morgan fingerprint density at radius 3 is 2.75 bits per heavy atom. The maximum atomic E-state index is 13.6. The molecule has 1 aliphatic rings. The van der Waals surface area contributed by atoms with Crippen LogP contribution >= 0.6 is 0 Å². The summed E-state index contributed by atoms with van der Waals surface area (Å²) < 4.78 is 36.9. The fraction of sp³-hybridized carbons (Fsp3) is 0.650. The van der Waals surface area contributed by atoms with Crippen molar-refractivity contribution in [3.8, 4) is 0 Å². The third-order valence-electron chi connectivity index (χ3n) is 5.13. The van der Waals surface area contributed by atoms with E-state index >= 15 is 0 Å². The van der Waals surface area contributed by atoms with Gasteiger partial charge in [-0.3, -0.25) is 9.89 Å². The van der Waals surface area contributed by atoms with Gasteiger partial charge in [0, 0.05) is 39.0 Å². The molecule has 0 saturated carbocycles. The van der Waals surface area contributed by atoms with Gasteiger partial charge in [0.1, 0.15) is 5.82 Å². The van der Waals surface area contributed by atoms with Crippen LogP contribution in [-0.4, -0.2) is 58.3 Å². The van der Waals surface area contributed by atoms with Gasteiger partial charge in [-0.25, -0.2) is 12.8 Å². The number of aliphatic imine (C=N–C) groups is 1. The first-order valence-electron chi connectivity index (χ1n) is 9.81. The van der Waals surface area contributed by atoms with E-state index in [2.05, 4.69) is 34.4 Å². The van der Waals surface area contributed by atoms with E-state index in [-0.39, 0.29) is 11.6 Å². The average Bonchev–Trinajstić information content (AvgIpc) is 2.62. The number of nitrogens with one attached hydrogen (secondary N) is 2. The fourth-order valence-electron chi connectivity index (χ4n) is 3.58. The number of likely N-dealkylation sites (tertiary alicyclic amines) is 1. The highest BCUT2D eigenvalue weighted by atomic mass is 32.2. The first-order chi connectivity index (χ1) is 13.2. The van der Waals surface area contributed by atoms with Gasteiger partial charge in [0.15, 0.2) is 15.8 Å². The van der Waals surface area contributed by atoms with Crippen LogP contribution in [0.25, 0.3) is 0 Å². The molecule has 2 atom stereocenters. The van der Waals surface area contributed by atoms with Crippen molar-refractivity contribution >= 4 is 15.8 Å². The minimum atomic E-state index is -3.20. The van der Waals surface area contributed by atoms with Gasteiger partial charge in [0.2, 0.25) is 0 Å². The molecule has 2 N–H and O–H groups in total. The summed E-state index contributed by atoms with van der Waals surface area (Å²) in [6, 6.07) is 4.58. The van der Waals surface area contributed by atoms with Crippen molar-refractivity contribution in [2.24, 2.45) is 10.9 Å². The summed E-state index contributed by atoms with van der Waals surface area (Å²) in [6.07, 6.45) is 3.71. The van der Waals surface area contributed by atoms with Gasteiger partial charge in [-0.2, -0.15) is 0 Å². The summed E-state index contributed by atoms with van der Waals surface area (Å²) in [5, 5.41) is 6.48. The van der Waals surface area contributed by atoms with Gasteiger partial charge >= 0.3 is 0 Å². The van der Waals surface area contributed by atoms with E-state index in [1.54, 1.807) is 7.05 Å². The molecule has 0 aromatic heterocycles. The van der Waals surface area contributed by atoms with E-state index in [9.17, 15) is 12.8 Å². The maximum Gasteiger partial charge on any atom is 0.191 e. The molecule has 2 unspecified atom stereocenters. The van der Waals surface area contributed by atoms with E-state index in [4.69, 9.17) is 0 Å². The summed E-state index contributed by atoms with van der Waals surface area (Å²) in [6.45, 7) is 7.79. The number of hydrogen-bond donors (Lipinski definition) is 2. The Balaban J connectivity index is 1.92. The molecule has 1 heterocycles. The Hall–Kier alpha value is -1.67. The van der Waals surface area contributed by atoms with Gasteiger partial charge in [-0.05, 0) is 55.5 Å². The Morgan fingerprint density at radius 2 is 2.11 bits per heavy atom. The highest BCUT2D eigenvalue weighted by Crippen LogP contribution is 2.17. The number of piperidine rings is 1. The summed E-state index contributed by atoms with van der Waals surface area (Å²) in [7, 11) is -1.51. The standard InChI is InChI=1S/C20H33FN4O2S/c1-15-6-5-9-25(13-15)16(2)11-23-20(22-3)24-12-18-10-19(21)8-7-17(18)14-28(4,26)27/h7-8,10,15-16H,5-6,9,11-14H2,1-4H3,(H2,22,23,24). The molecule has 158 valence electrons. The zero-order chi connectivity index (χ0) is 20.7. The molecule has 0 radical (unpaired) electrons. The zero-order valence-electron chi connectivity index (χ0n) is 17.3. The lowest BCUT2D eigenvalue weighted by atomic mass is 9.99. The smallest absolute Gasteiger partial charge is 0.191 e. The van der Waals surface area contributed by atoms with Gasteiger partial charge in [0.05, 0.1) is 5.75 Å². The van der Waals surface area contributed by atoms with Gasteiger partial charge < -0.3 is 10.6 Å². The average molecular weight is 413 g/mol. The number of guanidine groups is 1. The molecule has 1 aromatic rings. The second kappa shape index (κ2) is 10.2. The van der Waals surface area contributed by atoms with Gasteiger partial charge in [0.25, 0.3) is 0 Å². The van der Waals surface area contributed by atoms with Crippen LogP contribution in [0.3, 0.4) is 0 Å². The Bertz CT molecular complexity index is 782. The van der Waals surface area contributed by atoms with Crippen LogP contribution in [0, 0.1) is 11.7 Å². The van der Waals surface area contributed by atoms with E-state index < -0.39 is 9.84 Å². The first kappa shape index (κ1) is 22.6. The van der Waals surface area contributed by atoms with Crippen molar-refractivity contribution in [3.63, 3.8) is 0 Å². The van der Waals surface area contributed by atoms with Crippen LogP contribution in [0.15, 0.2) is 23.2 Å². The quantitative estimate of drug-likeness (QED) is 0.530. The number of rotatable bonds is 7. The van der Waals surface area contributed by atoms with E-state index in [1.165, 1.54) is 37.3 Å². The third-order valence-corrected chi connectivity index (χ3v) is 5.97. The monoisotopic (exact) mass is 412 g/mol. The molecule has 0 spiro atoms. The molecule has 0 aliphatic carbocycles. The maximum absolute atomic E-state index is 13.6. The van der Waals surface area contributed by atoms with E-state index in [0.29, 0.717) is 29.7 Å². The number of hydrogen-bond acceptors (Lipinski definition) is 4. The Kier molecular flexibility index (Phi) is 8.24. The molecule has 2 rings (SSSR count). The molecule has 6 nitrogen and oxygen atoms in total. The molecule has 1 aromatic carbocycles. The highest BCUT2D eigenvalue weighted by Gasteiger charge is 2.21. The summed E-state index contributed by atoms with van der Waals surface area (Å²) >= 11 is 0. The second-order valence-electron chi connectivity index (χ2n) is 7.88. The van der Waals surface area contributed by atoms with Crippen molar-refractivity contribution < 1.29 is 12.8 Å². The van der Waals surface area contributed by atoms with Crippen LogP contribution in [0.4, 0.5) is 4.39 Å². The fourth-order valence-corrected chi connectivity index (χ4v) is 4.43. The molecule has 8 heteroatoms. The van der Waals surface area contributed by atoms with Crippen molar-refractivity contribution in [2.75, 3.05) is 32.9 Å². The molecule has 1 aliphatic heterocycles. The van der Waals surface area contributed by atoms with Crippen LogP contribution in [-0.2, 0) is 22.1 Å². The summed E-state index contributed by atoms with van der Waals surface area (Å²) in [5.74, 6) is 0.853. The highest BCUT2D eigenvalue weighted by molar-refractivity contribution is 7.89. The second-order valence-corrected chi connectivity index (χ2v) is 10.0. The molecular weight excluding hydrogens is 379 g/mol. The third kappa shape index (κ3) is 7.39. The minimum absolute atomic E-state index is 0.111. The topological polar surface area (TPSA) is 73.8 Å². The van der Waals surface area contributed by atoms with Crippen LogP contribution in [0.5, 0.6) is 0 Å².